The Hall–Kier alpha value is -0.260. The van der Waals surface area contributed by atoms with Crippen molar-refractivity contribution in [2.24, 2.45) is 45.3 Å². The molecule has 0 aromatic rings. The van der Waals surface area contributed by atoms with Crippen LogP contribution < -0.4 is 0 Å². The highest BCUT2D eigenvalue weighted by Crippen LogP contribution is 2.74. The number of allylic oxidation sites excluding steroid dienone is 2. The minimum absolute atomic E-state index is 0.479. The number of fused-ring (bicyclic) bond motifs is 5. The van der Waals surface area contributed by atoms with E-state index in [0.717, 1.165) is 23.7 Å². The molecular weight excluding hydrogens is 360 g/mol. The average Bonchev–Trinajstić information content (AvgIpc) is 2.99. The molecule has 6 atom stereocenters. The first-order valence-corrected chi connectivity index (χ1v) is 13.7. The van der Waals surface area contributed by atoms with Crippen molar-refractivity contribution in [1.29, 1.82) is 0 Å². The molecule has 3 fully saturated rings. The molecule has 0 radical (unpaired) electrons. The van der Waals surface area contributed by atoms with Crippen molar-refractivity contribution in [2.75, 3.05) is 0 Å². The molecule has 0 aliphatic heterocycles. The molecule has 0 spiro atoms. The Morgan fingerprint density at radius 1 is 0.800 bits per heavy atom. The van der Waals surface area contributed by atoms with Crippen molar-refractivity contribution in [2.45, 2.75) is 132 Å². The van der Waals surface area contributed by atoms with Crippen LogP contribution in [0.3, 0.4) is 0 Å². The molecule has 3 saturated carbocycles. The fraction of sp³-hybridized carbons (Fsp3) is 0.933. The molecule has 0 aromatic heterocycles. The van der Waals surface area contributed by atoms with Gasteiger partial charge in [0, 0.05) is 0 Å². The molecular formula is C30H52. The first kappa shape index (κ1) is 22.9. The van der Waals surface area contributed by atoms with E-state index in [0.29, 0.717) is 21.7 Å². The summed E-state index contributed by atoms with van der Waals surface area (Å²) in [4.78, 5) is 0. The van der Waals surface area contributed by atoms with Crippen LogP contribution in [-0.4, -0.2) is 0 Å². The van der Waals surface area contributed by atoms with Gasteiger partial charge in [-0.3, -0.25) is 0 Å². The van der Waals surface area contributed by atoms with Gasteiger partial charge in [-0.15, -0.1) is 0 Å². The second-order valence-electron chi connectivity index (χ2n) is 14.0. The topological polar surface area (TPSA) is 0 Å². The third kappa shape index (κ3) is 3.28. The lowest BCUT2D eigenvalue weighted by Gasteiger charge is -2.68. The third-order valence-corrected chi connectivity index (χ3v) is 11.7. The smallest absolute Gasteiger partial charge is 0.00539 e. The van der Waals surface area contributed by atoms with Crippen LogP contribution in [0.25, 0.3) is 0 Å². The van der Waals surface area contributed by atoms with Crippen LogP contribution in [0.5, 0.6) is 0 Å². The largest absolute Gasteiger partial charge is 0.0676 e. The van der Waals surface area contributed by atoms with Crippen LogP contribution in [0.4, 0.5) is 0 Å². The first-order chi connectivity index (χ1) is 14.0. The average molecular weight is 413 g/mol. The maximum atomic E-state index is 2.76. The molecule has 30 heavy (non-hydrogen) atoms. The lowest BCUT2D eigenvalue weighted by atomic mass is 9.36. The highest BCUT2D eigenvalue weighted by atomic mass is 14.7. The lowest BCUT2D eigenvalue weighted by Crippen LogP contribution is -2.60. The monoisotopic (exact) mass is 412 g/mol. The SMILES string of the molecule is CC(C)CCC[C@@H](C)C1=C2CC[C@@H]3[C@@]4(C)CCCC(C)(C)C4CC[C@@]3(C)[C@]2(C)CC1. The molecule has 0 saturated heterocycles. The van der Waals surface area contributed by atoms with E-state index in [1.807, 2.05) is 11.1 Å². The zero-order valence-electron chi connectivity index (χ0n) is 21.8. The highest BCUT2D eigenvalue weighted by Gasteiger charge is 2.65. The molecule has 0 heterocycles. The summed E-state index contributed by atoms with van der Waals surface area (Å²) in [5.41, 5.74) is 6.00. The van der Waals surface area contributed by atoms with Crippen LogP contribution in [0.2, 0.25) is 0 Å². The Morgan fingerprint density at radius 3 is 2.23 bits per heavy atom. The van der Waals surface area contributed by atoms with Gasteiger partial charge in [0.1, 0.15) is 0 Å². The molecule has 0 nitrogen and oxygen atoms in total. The molecule has 0 heteroatoms. The van der Waals surface area contributed by atoms with Crippen molar-refractivity contribution in [1.82, 2.24) is 0 Å². The molecule has 0 amide bonds. The molecule has 172 valence electrons. The summed E-state index contributed by atoms with van der Waals surface area (Å²) in [6.07, 6.45) is 17.4. The number of hydrogen-bond acceptors (Lipinski definition) is 0. The Kier molecular flexibility index (Phi) is 5.85. The van der Waals surface area contributed by atoms with Gasteiger partial charge in [0.2, 0.25) is 0 Å². The zero-order valence-corrected chi connectivity index (χ0v) is 21.8. The van der Waals surface area contributed by atoms with E-state index in [2.05, 4.69) is 55.4 Å². The first-order valence-electron chi connectivity index (χ1n) is 13.7. The Labute approximate surface area is 189 Å². The van der Waals surface area contributed by atoms with Gasteiger partial charge in [-0.2, -0.15) is 0 Å². The lowest BCUT2D eigenvalue weighted by molar-refractivity contribution is -0.173. The highest BCUT2D eigenvalue weighted by molar-refractivity contribution is 5.35. The van der Waals surface area contributed by atoms with Crippen LogP contribution in [0.1, 0.15) is 132 Å². The molecule has 1 unspecified atom stereocenters. The summed E-state index contributed by atoms with van der Waals surface area (Å²) in [5.74, 6) is 3.56. The Morgan fingerprint density at radius 2 is 1.53 bits per heavy atom. The Bertz CT molecular complexity index is 680. The van der Waals surface area contributed by atoms with Crippen molar-refractivity contribution in [3.8, 4) is 0 Å². The summed E-state index contributed by atoms with van der Waals surface area (Å²) < 4.78 is 0. The summed E-state index contributed by atoms with van der Waals surface area (Å²) in [5, 5.41) is 0. The van der Waals surface area contributed by atoms with Crippen LogP contribution in [0.15, 0.2) is 11.1 Å². The van der Waals surface area contributed by atoms with E-state index in [9.17, 15) is 0 Å². The molecule has 4 aliphatic carbocycles. The van der Waals surface area contributed by atoms with Crippen molar-refractivity contribution < 1.29 is 0 Å². The van der Waals surface area contributed by atoms with E-state index in [4.69, 9.17) is 0 Å². The van der Waals surface area contributed by atoms with Crippen molar-refractivity contribution >= 4 is 0 Å². The van der Waals surface area contributed by atoms with Gasteiger partial charge in [0.25, 0.3) is 0 Å². The predicted octanol–water partition coefficient (Wildman–Crippen LogP) is 9.59. The molecule has 4 aliphatic rings. The van der Waals surface area contributed by atoms with Crippen LogP contribution >= 0.6 is 0 Å². The Balaban J connectivity index is 1.62. The van der Waals surface area contributed by atoms with E-state index < -0.39 is 0 Å². The van der Waals surface area contributed by atoms with Gasteiger partial charge in [0.15, 0.2) is 0 Å². The van der Waals surface area contributed by atoms with Gasteiger partial charge in [-0.25, -0.2) is 0 Å². The van der Waals surface area contributed by atoms with Gasteiger partial charge < -0.3 is 0 Å². The molecule has 4 rings (SSSR count). The number of hydrogen-bond donors (Lipinski definition) is 0. The van der Waals surface area contributed by atoms with Crippen molar-refractivity contribution in [3.05, 3.63) is 11.1 Å². The van der Waals surface area contributed by atoms with E-state index in [-0.39, 0.29) is 0 Å². The normalized spacial score (nSPS) is 43.9. The second kappa shape index (κ2) is 7.66. The summed E-state index contributed by atoms with van der Waals surface area (Å²) in [6, 6.07) is 0. The van der Waals surface area contributed by atoms with E-state index in [1.54, 1.807) is 0 Å². The minimum Gasteiger partial charge on any atom is -0.0676 e. The fourth-order valence-electron chi connectivity index (χ4n) is 9.90. The van der Waals surface area contributed by atoms with Crippen LogP contribution in [0, 0.1) is 45.3 Å². The van der Waals surface area contributed by atoms with E-state index >= 15 is 0 Å². The van der Waals surface area contributed by atoms with Crippen molar-refractivity contribution in [3.63, 3.8) is 0 Å². The maximum absolute atomic E-state index is 2.76. The van der Waals surface area contributed by atoms with Crippen LogP contribution in [-0.2, 0) is 0 Å². The minimum atomic E-state index is 0.479. The predicted molar refractivity (Wildman–Crippen MR) is 132 cm³/mol. The molecule has 0 bridgehead atoms. The standard InChI is InChI=1S/C30H52/c1-21(2)11-9-12-22(3)23-15-19-29(7)24(23)13-14-26-28(6)18-10-17-27(4,5)25(28)16-20-30(26,29)8/h21-22,25-26H,9-20H2,1-8H3/t22-,25?,26-,28+,29-,30-/m1/s1. The summed E-state index contributed by atoms with van der Waals surface area (Å²) >= 11 is 0. The van der Waals surface area contributed by atoms with Gasteiger partial charge in [-0.05, 0) is 103 Å². The number of rotatable bonds is 5. The molecule has 0 N–H and O–H groups in total. The maximum Gasteiger partial charge on any atom is -0.00539 e. The summed E-state index contributed by atoms with van der Waals surface area (Å²) in [6.45, 7) is 20.7. The fourth-order valence-corrected chi connectivity index (χ4v) is 9.90. The zero-order chi connectivity index (χ0) is 21.9. The van der Waals surface area contributed by atoms with E-state index in [1.165, 1.54) is 77.0 Å². The van der Waals surface area contributed by atoms with Gasteiger partial charge >= 0.3 is 0 Å². The molecule has 0 aromatic carbocycles. The quantitative estimate of drug-likeness (QED) is 0.394. The summed E-state index contributed by atoms with van der Waals surface area (Å²) in [7, 11) is 0. The third-order valence-electron chi connectivity index (χ3n) is 11.7. The van der Waals surface area contributed by atoms with Gasteiger partial charge in [0.05, 0.1) is 0 Å². The second-order valence-corrected chi connectivity index (χ2v) is 14.0. The van der Waals surface area contributed by atoms with Gasteiger partial charge in [-0.1, -0.05) is 85.8 Å².